The third kappa shape index (κ3) is 2.35. The third-order valence-corrected chi connectivity index (χ3v) is 4.95. The zero-order valence-corrected chi connectivity index (χ0v) is 13.4. The molecule has 0 aliphatic heterocycles. The van der Waals surface area contributed by atoms with Crippen LogP contribution in [-0.4, -0.2) is 18.2 Å². The van der Waals surface area contributed by atoms with Crippen LogP contribution in [0.2, 0.25) is 0 Å². The normalized spacial score (nSPS) is 17.0. The summed E-state index contributed by atoms with van der Waals surface area (Å²) in [6, 6.07) is 4.53. The number of benzene rings is 1. The van der Waals surface area contributed by atoms with Crippen molar-refractivity contribution in [3.05, 3.63) is 46.3 Å². The Balaban J connectivity index is 1.92. The number of rotatable bonds is 4. The van der Waals surface area contributed by atoms with E-state index in [9.17, 15) is 0 Å². The maximum absolute atomic E-state index is 5.30. The van der Waals surface area contributed by atoms with Crippen molar-refractivity contribution in [2.24, 2.45) is 0 Å². The Hall–Kier alpha value is -1.77. The summed E-state index contributed by atoms with van der Waals surface area (Å²) in [4.78, 5) is 2.33. The van der Waals surface area contributed by atoms with Gasteiger partial charge in [-0.15, -0.1) is 0 Å². The van der Waals surface area contributed by atoms with Gasteiger partial charge in [0.2, 0.25) is 0 Å². The van der Waals surface area contributed by atoms with Crippen molar-refractivity contribution in [3.8, 4) is 0 Å². The maximum Gasteiger partial charge on any atom is 0.147 e. The number of nitrogens with zero attached hydrogens (tertiary/aromatic N) is 2. The van der Waals surface area contributed by atoms with Crippen LogP contribution < -0.4 is 4.90 Å². The van der Waals surface area contributed by atoms with E-state index >= 15 is 0 Å². The van der Waals surface area contributed by atoms with Gasteiger partial charge in [0.25, 0.3) is 0 Å². The first-order valence-corrected chi connectivity index (χ1v) is 7.92. The highest BCUT2D eigenvalue weighted by Gasteiger charge is 2.29. The summed E-state index contributed by atoms with van der Waals surface area (Å²) in [5.41, 5.74) is 8.14. The summed E-state index contributed by atoms with van der Waals surface area (Å²) in [7, 11) is 0. The maximum atomic E-state index is 5.30. The molecule has 3 rings (SSSR count). The van der Waals surface area contributed by atoms with Crippen LogP contribution in [0.3, 0.4) is 0 Å². The van der Waals surface area contributed by atoms with Crippen molar-refractivity contribution in [1.29, 1.82) is 0 Å². The second-order valence-electron chi connectivity index (χ2n) is 6.01. The summed E-state index contributed by atoms with van der Waals surface area (Å²) >= 11 is 0. The Bertz CT molecular complexity index is 641. The average molecular weight is 284 g/mol. The van der Waals surface area contributed by atoms with Crippen LogP contribution in [0, 0.1) is 13.8 Å². The molecule has 0 saturated carbocycles. The molecule has 3 nitrogen and oxygen atoms in total. The van der Waals surface area contributed by atoms with Crippen molar-refractivity contribution >= 4 is 5.69 Å². The van der Waals surface area contributed by atoms with Gasteiger partial charge in [-0.3, -0.25) is 0 Å². The largest absolute Gasteiger partial charge is 0.368 e. The molecule has 1 aromatic carbocycles. The minimum absolute atomic E-state index is 0.454. The van der Waals surface area contributed by atoms with Crippen LogP contribution in [0.5, 0.6) is 0 Å². The van der Waals surface area contributed by atoms with E-state index in [0.717, 1.165) is 31.6 Å². The van der Waals surface area contributed by atoms with E-state index in [1.54, 1.807) is 0 Å². The number of hydrogen-bond donors (Lipinski definition) is 0. The second kappa shape index (κ2) is 5.55. The monoisotopic (exact) mass is 284 g/mol. The summed E-state index contributed by atoms with van der Waals surface area (Å²) < 4.78 is 5.30. The SMILES string of the molecule is CCN(CC)c1conc1C1Cc2ccc(C)c(C)c2C1. The molecule has 0 radical (unpaired) electrons. The second-order valence-corrected chi connectivity index (χ2v) is 6.01. The fraction of sp³-hybridized carbons (Fsp3) is 0.500. The standard InChI is InChI=1S/C18H24N2O/c1-5-20(6-2)17-11-21-19-18(17)15-9-14-8-7-12(3)13(4)16(14)10-15/h7-8,11,15H,5-6,9-10H2,1-4H3. The molecule has 0 spiro atoms. The van der Waals surface area contributed by atoms with Gasteiger partial charge in [0, 0.05) is 19.0 Å². The highest BCUT2D eigenvalue weighted by Crippen LogP contribution is 2.39. The number of fused-ring (bicyclic) bond motifs is 1. The lowest BCUT2D eigenvalue weighted by molar-refractivity contribution is 0.405. The molecular weight excluding hydrogens is 260 g/mol. The molecule has 0 bridgehead atoms. The van der Waals surface area contributed by atoms with E-state index in [-0.39, 0.29) is 0 Å². The van der Waals surface area contributed by atoms with Crippen LogP contribution in [0.1, 0.15) is 47.7 Å². The molecule has 1 atom stereocenters. The van der Waals surface area contributed by atoms with Crippen molar-refractivity contribution in [1.82, 2.24) is 5.16 Å². The molecule has 1 aliphatic rings. The zero-order valence-electron chi connectivity index (χ0n) is 13.4. The Morgan fingerprint density at radius 1 is 1.19 bits per heavy atom. The Morgan fingerprint density at radius 3 is 2.67 bits per heavy atom. The quantitative estimate of drug-likeness (QED) is 0.849. The molecule has 112 valence electrons. The molecule has 0 amide bonds. The fourth-order valence-corrected chi connectivity index (χ4v) is 3.51. The van der Waals surface area contributed by atoms with Gasteiger partial charge in [-0.25, -0.2) is 0 Å². The van der Waals surface area contributed by atoms with E-state index in [1.807, 2.05) is 6.26 Å². The topological polar surface area (TPSA) is 29.3 Å². The lowest BCUT2D eigenvalue weighted by Gasteiger charge is -2.21. The van der Waals surface area contributed by atoms with Crippen molar-refractivity contribution < 1.29 is 4.52 Å². The number of aryl methyl sites for hydroxylation is 1. The summed E-state index contributed by atoms with van der Waals surface area (Å²) in [5.74, 6) is 0.454. The molecule has 1 heterocycles. The molecule has 3 heteroatoms. The first kappa shape index (κ1) is 14.2. The molecule has 0 fully saturated rings. The van der Waals surface area contributed by atoms with Gasteiger partial charge < -0.3 is 9.42 Å². The molecular formula is C18H24N2O. The Labute approximate surface area is 126 Å². The molecule has 1 aromatic heterocycles. The molecule has 2 aromatic rings. The van der Waals surface area contributed by atoms with Crippen LogP contribution in [0.4, 0.5) is 5.69 Å². The predicted molar refractivity (Wildman–Crippen MR) is 86.1 cm³/mol. The van der Waals surface area contributed by atoms with Gasteiger partial charge in [0.05, 0.1) is 0 Å². The van der Waals surface area contributed by atoms with Crippen molar-refractivity contribution in [3.63, 3.8) is 0 Å². The van der Waals surface area contributed by atoms with E-state index < -0.39 is 0 Å². The van der Waals surface area contributed by atoms with Gasteiger partial charge >= 0.3 is 0 Å². The van der Waals surface area contributed by atoms with Crippen molar-refractivity contribution in [2.75, 3.05) is 18.0 Å². The highest BCUT2D eigenvalue weighted by molar-refractivity contribution is 5.53. The first-order valence-electron chi connectivity index (χ1n) is 7.92. The van der Waals surface area contributed by atoms with Gasteiger partial charge in [-0.1, -0.05) is 17.3 Å². The summed E-state index contributed by atoms with van der Waals surface area (Å²) in [6.45, 7) is 10.8. The van der Waals surface area contributed by atoms with Crippen molar-refractivity contribution in [2.45, 2.75) is 46.5 Å². The molecule has 1 aliphatic carbocycles. The smallest absolute Gasteiger partial charge is 0.147 e. The Kier molecular flexibility index (Phi) is 3.75. The minimum atomic E-state index is 0.454. The van der Waals surface area contributed by atoms with Gasteiger partial charge in [-0.2, -0.15) is 0 Å². The summed E-state index contributed by atoms with van der Waals surface area (Å²) in [5, 5.41) is 4.33. The lowest BCUT2D eigenvalue weighted by Crippen LogP contribution is -2.23. The number of anilines is 1. The van der Waals surface area contributed by atoms with E-state index in [1.165, 1.54) is 27.9 Å². The molecule has 21 heavy (non-hydrogen) atoms. The van der Waals surface area contributed by atoms with E-state index in [2.05, 4.69) is 49.9 Å². The zero-order chi connectivity index (χ0) is 15.0. The first-order chi connectivity index (χ1) is 10.2. The number of aromatic nitrogens is 1. The van der Waals surface area contributed by atoms with Crippen LogP contribution >= 0.6 is 0 Å². The minimum Gasteiger partial charge on any atom is -0.368 e. The molecule has 1 unspecified atom stereocenters. The average Bonchev–Trinajstić information content (AvgIpc) is 3.11. The fourth-order valence-electron chi connectivity index (χ4n) is 3.51. The number of hydrogen-bond acceptors (Lipinski definition) is 3. The van der Waals surface area contributed by atoms with Crippen LogP contribution in [0.15, 0.2) is 22.9 Å². The van der Waals surface area contributed by atoms with Gasteiger partial charge in [-0.05, 0) is 62.8 Å². The highest BCUT2D eigenvalue weighted by atomic mass is 16.5. The van der Waals surface area contributed by atoms with E-state index in [4.69, 9.17) is 4.52 Å². The Morgan fingerprint density at radius 2 is 1.95 bits per heavy atom. The molecule has 0 saturated heterocycles. The molecule has 0 N–H and O–H groups in total. The third-order valence-electron chi connectivity index (χ3n) is 4.95. The predicted octanol–water partition coefficient (Wildman–Crippen LogP) is 4.02. The van der Waals surface area contributed by atoms with Gasteiger partial charge in [0.15, 0.2) is 0 Å². The summed E-state index contributed by atoms with van der Waals surface area (Å²) in [6.07, 6.45) is 3.98. The lowest BCUT2D eigenvalue weighted by atomic mass is 9.98. The van der Waals surface area contributed by atoms with Crippen LogP contribution in [-0.2, 0) is 12.8 Å². The van der Waals surface area contributed by atoms with E-state index in [0.29, 0.717) is 5.92 Å². The van der Waals surface area contributed by atoms with Gasteiger partial charge in [0.1, 0.15) is 17.6 Å². The van der Waals surface area contributed by atoms with Crippen LogP contribution in [0.25, 0.3) is 0 Å².